The summed E-state index contributed by atoms with van der Waals surface area (Å²) >= 11 is 0. The maximum atomic E-state index is 11.2. The van der Waals surface area contributed by atoms with Crippen molar-refractivity contribution in [2.24, 2.45) is 0 Å². The van der Waals surface area contributed by atoms with Gasteiger partial charge in [-0.25, -0.2) is 19.4 Å². The molecule has 0 bridgehead atoms. The van der Waals surface area contributed by atoms with E-state index in [0.29, 0.717) is 30.1 Å². The third-order valence-corrected chi connectivity index (χ3v) is 4.07. The second-order valence-corrected chi connectivity index (χ2v) is 6.64. The summed E-state index contributed by atoms with van der Waals surface area (Å²) in [6.07, 6.45) is 5.29. The van der Waals surface area contributed by atoms with E-state index in [1.165, 1.54) is 55.1 Å². The zero-order valence-corrected chi connectivity index (χ0v) is 21.0. The van der Waals surface area contributed by atoms with Gasteiger partial charge >= 0.3 is 17.9 Å². The van der Waals surface area contributed by atoms with E-state index in [-0.39, 0.29) is 30.1 Å². The highest BCUT2D eigenvalue weighted by Crippen LogP contribution is 2.08. The topological polar surface area (TPSA) is 160 Å². The third-order valence-electron chi connectivity index (χ3n) is 4.07. The molecule has 204 valence electrons. The van der Waals surface area contributed by atoms with Crippen LogP contribution in [0, 0.1) is 23.1 Å². The van der Waals surface area contributed by atoms with Gasteiger partial charge in [0.1, 0.15) is 23.4 Å². The van der Waals surface area contributed by atoms with Gasteiger partial charge in [0.15, 0.2) is 18.1 Å². The molecule has 3 aromatic rings. The molecule has 0 aliphatic rings. The van der Waals surface area contributed by atoms with E-state index >= 15 is 0 Å². The maximum absolute atomic E-state index is 11.2. The Balaban J connectivity index is 0.000000549. The lowest BCUT2D eigenvalue weighted by Crippen LogP contribution is -2.26. The average Bonchev–Trinajstić information content (AvgIpc) is 2.94. The molecule has 0 radical (unpaired) electrons. The van der Waals surface area contributed by atoms with Crippen molar-refractivity contribution in [1.29, 1.82) is 5.26 Å². The van der Waals surface area contributed by atoms with Crippen LogP contribution in [0.1, 0.15) is 65.0 Å². The van der Waals surface area contributed by atoms with Crippen molar-refractivity contribution in [3.8, 4) is 6.07 Å². The summed E-state index contributed by atoms with van der Waals surface area (Å²) in [7, 11) is 0. The van der Waals surface area contributed by atoms with Crippen molar-refractivity contribution in [1.82, 2.24) is 9.97 Å². The second-order valence-electron chi connectivity index (χ2n) is 6.64. The average molecular weight is 536 g/mol. The number of hydrogen-bond acceptors (Lipinski definition) is 10. The molecule has 3 heterocycles. The Hall–Kier alpha value is -5.36. The first-order chi connectivity index (χ1) is 18.3. The number of ether oxygens (including phenoxy) is 3. The van der Waals surface area contributed by atoms with Crippen LogP contribution in [0.15, 0.2) is 61.2 Å². The minimum atomic E-state index is -0.507. The van der Waals surface area contributed by atoms with E-state index < -0.39 is 17.9 Å². The fourth-order valence-electron chi connectivity index (χ4n) is 2.45. The molecule has 0 saturated heterocycles. The molecule has 39 heavy (non-hydrogen) atoms. The zero-order valence-electron chi connectivity index (χ0n) is 21.0. The van der Waals surface area contributed by atoms with Gasteiger partial charge in [0.05, 0.1) is 25.4 Å². The monoisotopic (exact) mass is 535 g/mol. The predicted octanol–water partition coefficient (Wildman–Crippen LogP) is 4.07. The summed E-state index contributed by atoms with van der Waals surface area (Å²) in [6.45, 7) is 12.7. The van der Waals surface area contributed by atoms with Crippen molar-refractivity contribution in [2.45, 2.75) is 28.2 Å². The quantitative estimate of drug-likeness (QED) is 0.148. The number of rotatable bonds is 6. The summed E-state index contributed by atoms with van der Waals surface area (Å²) in [5, 5.41) is 19.3. The van der Waals surface area contributed by atoms with E-state index in [4.69, 9.17) is 26.0 Å². The summed E-state index contributed by atoms with van der Waals surface area (Å²) in [5.41, 5.74) is 0.955. The molecule has 3 aromatic heterocycles. The summed E-state index contributed by atoms with van der Waals surface area (Å²) in [6, 6.07) is 11.0. The zero-order chi connectivity index (χ0) is 28.3. The van der Waals surface area contributed by atoms with Gasteiger partial charge in [-0.15, -0.1) is 4.98 Å². The van der Waals surface area contributed by atoms with Crippen molar-refractivity contribution in [2.75, 3.05) is 19.8 Å². The molecule has 0 aromatic carbocycles. The lowest BCUT2D eigenvalue weighted by Gasteiger charge is -2.01. The van der Waals surface area contributed by atoms with Gasteiger partial charge in [-0.1, -0.05) is 20.1 Å². The lowest BCUT2D eigenvalue weighted by molar-refractivity contribution is -0.605. The minimum absolute atomic E-state index is 0. The SMILES string of the molecule is C.CCOC(=O)c1ccc[n+]([O-])c1.CCOC(=O)c1cccnc1C#N.[C-]#[N+]c1ccc(C(=O)OCC)cn1. The molecule has 0 aliphatic carbocycles. The molecule has 0 fully saturated rings. The minimum Gasteiger partial charge on any atom is -0.619 e. The molecule has 0 N–H and O–H groups in total. The number of pyridine rings is 3. The van der Waals surface area contributed by atoms with Crippen molar-refractivity contribution in [3.05, 3.63) is 100 Å². The molecule has 0 saturated carbocycles. The van der Waals surface area contributed by atoms with Crippen LogP contribution in [0.3, 0.4) is 0 Å². The number of hydrogen-bond donors (Lipinski definition) is 0. The smallest absolute Gasteiger partial charge is 0.344 e. The second kappa shape index (κ2) is 18.8. The van der Waals surface area contributed by atoms with Crippen molar-refractivity contribution in [3.63, 3.8) is 0 Å². The number of nitrogens with zero attached hydrogens (tertiary/aromatic N) is 5. The van der Waals surface area contributed by atoms with Gasteiger partial charge in [-0.2, -0.15) is 9.99 Å². The Bertz CT molecular complexity index is 1300. The standard InChI is InChI=1S/2C9H8N2O2.C8H9NO3.CH4/c1-3-13-9(12)7-4-5-8(10-2)11-6-7;1-2-13-9(12)7-4-3-5-11-8(7)6-10;1-2-12-8(10)7-4-3-5-9(11)6-7;/h4-6H,3H2,1H3;3-5H,2H2,1H3;3-6H,2H2,1H3;1H4. The van der Waals surface area contributed by atoms with E-state index in [9.17, 15) is 19.6 Å². The molecule has 0 unspecified atom stereocenters. The number of aromatic nitrogens is 3. The fraction of sp³-hybridized carbons (Fsp3) is 0.259. The summed E-state index contributed by atoms with van der Waals surface area (Å²) in [4.78, 5) is 43.9. The van der Waals surface area contributed by atoms with Gasteiger partial charge in [-0.3, -0.25) is 0 Å². The molecule has 0 amide bonds. The highest BCUT2D eigenvalue weighted by atomic mass is 16.5. The first-order valence-electron chi connectivity index (χ1n) is 11.2. The molecule has 12 nitrogen and oxygen atoms in total. The molecule has 0 aliphatic heterocycles. The molecule has 3 rings (SSSR count). The van der Waals surface area contributed by atoms with Crippen molar-refractivity contribution >= 4 is 23.7 Å². The van der Waals surface area contributed by atoms with E-state index in [1.54, 1.807) is 26.8 Å². The van der Waals surface area contributed by atoms with Crippen LogP contribution in [0.4, 0.5) is 5.82 Å². The normalized spacial score (nSPS) is 8.85. The largest absolute Gasteiger partial charge is 0.619 e. The van der Waals surface area contributed by atoms with Crippen molar-refractivity contribution < 1.29 is 33.3 Å². The first kappa shape index (κ1) is 33.6. The Morgan fingerprint density at radius 1 is 0.949 bits per heavy atom. The lowest BCUT2D eigenvalue weighted by atomic mass is 10.2. The highest BCUT2D eigenvalue weighted by molar-refractivity contribution is 5.91. The van der Waals surface area contributed by atoms with Gasteiger partial charge in [0.25, 0.3) is 5.82 Å². The number of carbonyl (C=O) groups is 3. The Morgan fingerprint density at radius 2 is 1.56 bits per heavy atom. The summed E-state index contributed by atoms with van der Waals surface area (Å²) in [5.74, 6) is -1.12. The van der Waals surface area contributed by atoms with Gasteiger partial charge in [0, 0.05) is 12.3 Å². The molecule has 0 atom stereocenters. The maximum Gasteiger partial charge on any atom is 0.344 e. The van der Waals surface area contributed by atoms with Crippen LogP contribution in [0.5, 0.6) is 0 Å². The third kappa shape index (κ3) is 11.9. The van der Waals surface area contributed by atoms with Crippen LogP contribution >= 0.6 is 0 Å². The van der Waals surface area contributed by atoms with Crippen LogP contribution in [0.25, 0.3) is 4.85 Å². The predicted molar refractivity (Wildman–Crippen MR) is 139 cm³/mol. The van der Waals surface area contributed by atoms with Crippen LogP contribution in [0.2, 0.25) is 0 Å². The van der Waals surface area contributed by atoms with E-state index in [0.717, 1.165) is 0 Å². The van der Waals surface area contributed by atoms with Crippen LogP contribution < -0.4 is 4.73 Å². The Kier molecular flexibility index (Phi) is 16.3. The molecule has 0 spiro atoms. The molecular weight excluding hydrogens is 506 g/mol. The molecular formula is C27H29N5O7. The number of nitriles is 1. The fourth-order valence-corrected chi connectivity index (χ4v) is 2.45. The van der Waals surface area contributed by atoms with E-state index in [2.05, 4.69) is 14.8 Å². The first-order valence-corrected chi connectivity index (χ1v) is 11.2. The Labute approximate surface area is 226 Å². The van der Waals surface area contributed by atoms with E-state index in [1.807, 2.05) is 6.07 Å². The number of esters is 3. The van der Waals surface area contributed by atoms with Gasteiger partial charge in [-0.05, 0) is 45.0 Å². The summed E-state index contributed by atoms with van der Waals surface area (Å²) < 4.78 is 14.7. The van der Waals surface area contributed by atoms with Crippen LogP contribution in [-0.4, -0.2) is 47.7 Å². The number of carbonyl (C=O) groups excluding carboxylic acids is 3. The van der Waals surface area contributed by atoms with Gasteiger partial charge in [0.2, 0.25) is 0 Å². The molecule has 12 heteroatoms. The highest BCUT2D eigenvalue weighted by Gasteiger charge is 2.12. The van der Waals surface area contributed by atoms with Gasteiger partial charge < -0.3 is 24.3 Å². The van der Waals surface area contributed by atoms with Crippen LogP contribution in [-0.2, 0) is 14.2 Å². The Morgan fingerprint density at radius 3 is 2.08 bits per heavy atom.